The Balaban J connectivity index is 2.54. The SMILES string of the molecule is CC(CC#N)OCc1ccc(OCCF)cc1Cl. The number of hydrogen-bond acceptors (Lipinski definition) is 3. The third kappa shape index (κ3) is 4.91. The summed E-state index contributed by atoms with van der Waals surface area (Å²) in [6.45, 7) is 1.65. The topological polar surface area (TPSA) is 42.2 Å². The molecule has 0 radical (unpaired) electrons. The van der Waals surface area contributed by atoms with Gasteiger partial charge in [-0.25, -0.2) is 4.39 Å². The van der Waals surface area contributed by atoms with E-state index >= 15 is 0 Å². The maximum Gasteiger partial charge on any atom is 0.123 e. The predicted octanol–water partition coefficient (Wildman–Crippen LogP) is 3.51. The number of benzene rings is 1. The van der Waals surface area contributed by atoms with Gasteiger partial charge in [0.15, 0.2) is 0 Å². The van der Waals surface area contributed by atoms with Crippen LogP contribution in [0.5, 0.6) is 5.75 Å². The van der Waals surface area contributed by atoms with E-state index < -0.39 is 6.67 Å². The van der Waals surface area contributed by atoms with Gasteiger partial charge in [-0.2, -0.15) is 5.26 Å². The Hall–Kier alpha value is -1.31. The van der Waals surface area contributed by atoms with Crippen LogP contribution in [0.3, 0.4) is 0 Å². The van der Waals surface area contributed by atoms with Crippen molar-refractivity contribution in [3.8, 4) is 11.8 Å². The largest absolute Gasteiger partial charge is 0.491 e. The standard InChI is InChI=1S/C13H15ClFNO2/c1-10(4-6-16)18-9-11-2-3-12(8-13(11)14)17-7-5-15/h2-3,8,10H,4-5,7,9H2,1H3. The van der Waals surface area contributed by atoms with Crippen molar-refractivity contribution in [1.29, 1.82) is 5.26 Å². The summed E-state index contributed by atoms with van der Waals surface area (Å²) >= 11 is 6.05. The fraction of sp³-hybridized carbons (Fsp3) is 0.462. The molecule has 0 fully saturated rings. The molecule has 0 spiro atoms. The van der Waals surface area contributed by atoms with Crippen LogP contribution in [0, 0.1) is 11.3 Å². The van der Waals surface area contributed by atoms with E-state index in [4.69, 9.17) is 26.3 Å². The third-order valence-corrected chi connectivity index (χ3v) is 2.62. The molecule has 0 aliphatic heterocycles. The lowest BCUT2D eigenvalue weighted by molar-refractivity contribution is 0.0564. The number of hydrogen-bond donors (Lipinski definition) is 0. The van der Waals surface area contributed by atoms with Gasteiger partial charge < -0.3 is 9.47 Å². The Labute approximate surface area is 111 Å². The second-order valence-corrected chi connectivity index (χ2v) is 4.18. The average Bonchev–Trinajstić information content (AvgIpc) is 2.35. The van der Waals surface area contributed by atoms with E-state index in [-0.39, 0.29) is 12.7 Å². The summed E-state index contributed by atoms with van der Waals surface area (Å²) in [6, 6.07) is 7.16. The number of rotatable bonds is 7. The first-order chi connectivity index (χ1) is 8.67. The van der Waals surface area contributed by atoms with Gasteiger partial charge in [0, 0.05) is 5.02 Å². The third-order valence-electron chi connectivity index (χ3n) is 2.27. The molecule has 0 aliphatic rings. The van der Waals surface area contributed by atoms with Gasteiger partial charge in [-0.15, -0.1) is 0 Å². The Morgan fingerprint density at radius 3 is 2.89 bits per heavy atom. The molecule has 1 unspecified atom stereocenters. The summed E-state index contributed by atoms with van der Waals surface area (Å²) in [7, 11) is 0. The second kappa shape index (κ2) is 7.91. The molecule has 0 N–H and O–H groups in total. The first kappa shape index (κ1) is 14.7. The lowest BCUT2D eigenvalue weighted by atomic mass is 10.2. The lowest BCUT2D eigenvalue weighted by Gasteiger charge is -2.11. The molecule has 1 rings (SSSR count). The number of nitrogens with zero attached hydrogens (tertiary/aromatic N) is 1. The van der Waals surface area contributed by atoms with E-state index in [1.54, 1.807) is 18.2 Å². The maximum absolute atomic E-state index is 11.9. The number of ether oxygens (including phenoxy) is 2. The van der Waals surface area contributed by atoms with Gasteiger partial charge in [-0.05, 0) is 24.6 Å². The normalized spacial score (nSPS) is 11.9. The zero-order chi connectivity index (χ0) is 13.4. The van der Waals surface area contributed by atoms with Crippen LogP contribution in [0.25, 0.3) is 0 Å². The fourth-order valence-corrected chi connectivity index (χ4v) is 1.54. The Morgan fingerprint density at radius 2 is 2.28 bits per heavy atom. The molecule has 0 aliphatic carbocycles. The van der Waals surface area contributed by atoms with E-state index in [2.05, 4.69) is 0 Å². The number of alkyl halides is 1. The average molecular weight is 272 g/mol. The Kier molecular flexibility index (Phi) is 6.48. The van der Waals surface area contributed by atoms with Gasteiger partial charge in [0.25, 0.3) is 0 Å². The van der Waals surface area contributed by atoms with Crippen LogP contribution in [0.15, 0.2) is 18.2 Å². The minimum atomic E-state index is -0.534. The van der Waals surface area contributed by atoms with Crippen LogP contribution in [0.2, 0.25) is 5.02 Å². The molecular weight excluding hydrogens is 257 g/mol. The highest BCUT2D eigenvalue weighted by Gasteiger charge is 2.06. The second-order valence-electron chi connectivity index (χ2n) is 3.77. The highest BCUT2D eigenvalue weighted by atomic mass is 35.5. The Morgan fingerprint density at radius 1 is 1.50 bits per heavy atom. The summed E-state index contributed by atoms with van der Waals surface area (Å²) in [4.78, 5) is 0. The van der Waals surface area contributed by atoms with Crippen molar-refractivity contribution in [2.45, 2.75) is 26.1 Å². The van der Waals surface area contributed by atoms with Crippen LogP contribution >= 0.6 is 11.6 Å². The van der Waals surface area contributed by atoms with Crippen molar-refractivity contribution in [3.05, 3.63) is 28.8 Å². The fourth-order valence-electron chi connectivity index (χ4n) is 1.31. The van der Waals surface area contributed by atoms with E-state index in [0.29, 0.717) is 23.8 Å². The van der Waals surface area contributed by atoms with Crippen LogP contribution in [0.1, 0.15) is 18.9 Å². The van der Waals surface area contributed by atoms with Gasteiger partial charge in [0.05, 0.1) is 25.2 Å². The molecule has 3 nitrogen and oxygen atoms in total. The lowest BCUT2D eigenvalue weighted by Crippen LogP contribution is -2.07. The minimum Gasteiger partial charge on any atom is -0.491 e. The molecule has 0 heterocycles. The van der Waals surface area contributed by atoms with E-state index in [1.807, 2.05) is 13.0 Å². The summed E-state index contributed by atoms with van der Waals surface area (Å²) in [5.74, 6) is 0.534. The van der Waals surface area contributed by atoms with Crippen molar-refractivity contribution < 1.29 is 13.9 Å². The van der Waals surface area contributed by atoms with E-state index in [0.717, 1.165) is 5.56 Å². The van der Waals surface area contributed by atoms with E-state index in [9.17, 15) is 4.39 Å². The first-order valence-electron chi connectivity index (χ1n) is 5.63. The summed E-state index contributed by atoms with van der Waals surface area (Å²) < 4.78 is 22.5. The summed E-state index contributed by atoms with van der Waals surface area (Å²) in [5, 5.41) is 9.01. The van der Waals surface area contributed by atoms with Crippen LogP contribution in [0.4, 0.5) is 4.39 Å². The van der Waals surface area contributed by atoms with Crippen LogP contribution in [-0.2, 0) is 11.3 Å². The molecule has 5 heteroatoms. The zero-order valence-corrected chi connectivity index (χ0v) is 10.9. The highest BCUT2D eigenvalue weighted by Crippen LogP contribution is 2.23. The monoisotopic (exact) mass is 271 g/mol. The first-order valence-corrected chi connectivity index (χ1v) is 6.01. The van der Waals surface area contributed by atoms with Gasteiger partial charge in [-0.1, -0.05) is 17.7 Å². The van der Waals surface area contributed by atoms with Crippen LogP contribution in [-0.4, -0.2) is 19.4 Å². The molecule has 98 valence electrons. The molecule has 1 atom stereocenters. The molecule has 0 aromatic heterocycles. The van der Waals surface area contributed by atoms with Gasteiger partial charge >= 0.3 is 0 Å². The van der Waals surface area contributed by atoms with Gasteiger partial charge in [0.2, 0.25) is 0 Å². The van der Waals surface area contributed by atoms with Crippen molar-refractivity contribution in [2.75, 3.05) is 13.3 Å². The van der Waals surface area contributed by atoms with Crippen molar-refractivity contribution >= 4 is 11.6 Å². The predicted molar refractivity (Wildman–Crippen MR) is 67.4 cm³/mol. The van der Waals surface area contributed by atoms with Gasteiger partial charge in [-0.3, -0.25) is 0 Å². The molecule has 1 aromatic rings. The maximum atomic E-state index is 11.9. The Bertz CT molecular complexity index is 420. The quantitative estimate of drug-likeness (QED) is 0.762. The van der Waals surface area contributed by atoms with Crippen LogP contribution < -0.4 is 4.74 Å². The van der Waals surface area contributed by atoms with E-state index in [1.165, 1.54) is 0 Å². The number of nitriles is 1. The molecule has 0 saturated heterocycles. The molecule has 0 amide bonds. The molecule has 0 saturated carbocycles. The minimum absolute atomic E-state index is 0.0192. The molecule has 0 bridgehead atoms. The van der Waals surface area contributed by atoms with Crippen molar-refractivity contribution in [1.82, 2.24) is 0 Å². The summed E-state index contributed by atoms with van der Waals surface area (Å²) in [6.07, 6.45) is 0.212. The number of halogens is 2. The van der Waals surface area contributed by atoms with Crippen molar-refractivity contribution in [3.63, 3.8) is 0 Å². The molecular formula is C13H15ClFNO2. The highest BCUT2D eigenvalue weighted by molar-refractivity contribution is 6.31. The summed E-state index contributed by atoms with van der Waals surface area (Å²) in [5.41, 5.74) is 0.814. The molecule has 18 heavy (non-hydrogen) atoms. The molecule has 1 aromatic carbocycles. The zero-order valence-electron chi connectivity index (χ0n) is 10.2. The van der Waals surface area contributed by atoms with Gasteiger partial charge in [0.1, 0.15) is 19.0 Å². The van der Waals surface area contributed by atoms with Crippen molar-refractivity contribution in [2.24, 2.45) is 0 Å². The smallest absolute Gasteiger partial charge is 0.123 e.